The van der Waals surface area contributed by atoms with Gasteiger partial charge in [-0.05, 0) is 30.7 Å². The van der Waals surface area contributed by atoms with Gasteiger partial charge in [-0.1, -0.05) is 6.07 Å². The zero-order valence-corrected chi connectivity index (χ0v) is 12.7. The highest BCUT2D eigenvalue weighted by Gasteiger charge is 2.31. The number of hydrogen-bond acceptors (Lipinski definition) is 3. The fourth-order valence-corrected chi connectivity index (χ4v) is 2.73. The molecule has 1 aromatic carbocycles. The highest BCUT2D eigenvalue weighted by atomic mass is 19.4. The van der Waals surface area contributed by atoms with E-state index in [1.54, 1.807) is 4.90 Å². The van der Waals surface area contributed by atoms with Crippen molar-refractivity contribution in [2.75, 3.05) is 19.7 Å². The first-order valence-corrected chi connectivity index (χ1v) is 7.52. The van der Waals surface area contributed by atoms with Crippen LogP contribution in [0.25, 0.3) is 5.69 Å². The van der Waals surface area contributed by atoms with Crippen LogP contribution in [-0.2, 0) is 6.18 Å². The Morgan fingerprint density at radius 3 is 2.79 bits per heavy atom. The molecule has 5 nitrogen and oxygen atoms in total. The van der Waals surface area contributed by atoms with E-state index in [2.05, 4.69) is 5.10 Å². The number of aliphatic hydroxyl groups is 1. The summed E-state index contributed by atoms with van der Waals surface area (Å²) in [6.45, 7) is 1.04. The summed E-state index contributed by atoms with van der Waals surface area (Å²) in [6.07, 6.45) is -2.24. The molecule has 128 valence electrons. The molecule has 1 saturated heterocycles. The molecule has 1 fully saturated rings. The smallest absolute Gasteiger partial charge is 0.396 e. The van der Waals surface area contributed by atoms with Crippen molar-refractivity contribution < 1.29 is 23.1 Å². The monoisotopic (exact) mass is 339 g/mol. The van der Waals surface area contributed by atoms with E-state index >= 15 is 0 Å². The molecule has 2 heterocycles. The van der Waals surface area contributed by atoms with Crippen molar-refractivity contribution >= 4 is 5.91 Å². The summed E-state index contributed by atoms with van der Waals surface area (Å²) in [7, 11) is 0. The predicted molar refractivity (Wildman–Crippen MR) is 79.7 cm³/mol. The molecule has 1 unspecified atom stereocenters. The van der Waals surface area contributed by atoms with Crippen LogP contribution in [0.15, 0.2) is 36.5 Å². The predicted octanol–water partition coefficient (Wildman–Crippen LogP) is 2.35. The minimum absolute atomic E-state index is 0.0302. The molecular formula is C16H16F3N3O2. The summed E-state index contributed by atoms with van der Waals surface area (Å²) >= 11 is 0. The van der Waals surface area contributed by atoms with Crippen molar-refractivity contribution in [2.45, 2.75) is 12.6 Å². The Labute approximate surface area is 136 Å². The topological polar surface area (TPSA) is 58.4 Å². The van der Waals surface area contributed by atoms with E-state index in [9.17, 15) is 18.0 Å². The fourth-order valence-electron chi connectivity index (χ4n) is 2.73. The van der Waals surface area contributed by atoms with Crippen molar-refractivity contribution in [3.05, 3.63) is 47.8 Å². The minimum Gasteiger partial charge on any atom is -0.396 e. The Balaban J connectivity index is 1.80. The van der Waals surface area contributed by atoms with E-state index in [1.165, 1.54) is 29.1 Å². The highest BCUT2D eigenvalue weighted by molar-refractivity contribution is 5.92. The van der Waals surface area contributed by atoms with Gasteiger partial charge in [0.05, 0.1) is 11.3 Å². The maximum absolute atomic E-state index is 12.8. The van der Waals surface area contributed by atoms with Gasteiger partial charge in [-0.15, -0.1) is 0 Å². The standard InChI is InChI=1S/C16H16F3N3O2/c17-16(18,19)12-2-1-3-13(8-12)22-7-5-14(20-22)15(24)21-6-4-11(9-21)10-23/h1-3,5,7-8,11,23H,4,6,9-10H2. The first-order valence-electron chi connectivity index (χ1n) is 7.52. The lowest BCUT2D eigenvalue weighted by Crippen LogP contribution is -2.29. The van der Waals surface area contributed by atoms with Crippen molar-refractivity contribution in [1.82, 2.24) is 14.7 Å². The lowest BCUT2D eigenvalue weighted by Gasteiger charge is -2.14. The van der Waals surface area contributed by atoms with E-state index in [0.717, 1.165) is 18.6 Å². The highest BCUT2D eigenvalue weighted by Crippen LogP contribution is 2.30. The van der Waals surface area contributed by atoms with Crippen LogP contribution in [0.2, 0.25) is 0 Å². The Bertz CT molecular complexity index is 742. The van der Waals surface area contributed by atoms with Gasteiger partial charge in [0.1, 0.15) is 0 Å². The number of aliphatic hydroxyl groups excluding tert-OH is 1. The molecule has 1 amide bonds. The number of alkyl halides is 3. The molecular weight excluding hydrogens is 323 g/mol. The minimum atomic E-state index is -4.43. The third-order valence-corrected chi connectivity index (χ3v) is 4.08. The largest absolute Gasteiger partial charge is 0.416 e. The molecule has 0 bridgehead atoms. The number of rotatable bonds is 3. The van der Waals surface area contributed by atoms with Crippen molar-refractivity contribution in [3.63, 3.8) is 0 Å². The molecule has 1 atom stereocenters. The number of nitrogens with zero attached hydrogens (tertiary/aromatic N) is 3. The molecule has 1 aromatic heterocycles. The molecule has 1 N–H and O–H groups in total. The maximum atomic E-state index is 12.8. The molecule has 24 heavy (non-hydrogen) atoms. The van der Waals surface area contributed by atoms with Crippen LogP contribution in [0.1, 0.15) is 22.5 Å². The van der Waals surface area contributed by atoms with Crippen LogP contribution in [0.5, 0.6) is 0 Å². The Morgan fingerprint density at radius 2 is 2.12 bits per heavy atom. The Morgan fingerprint density at radius 1 is 1.33 bits per heavy atom. The Kier molecular flexibility index (Phi) is 4.31. The quantitative estimate of drug-likeness (QED) is 0.934. The van der Waals surface area contributed by atoms with Crippen molar-refractivity contribution in [3.8, 4) is 5.69 Å². The number of halogens is 3. The van der Waals surface area contributed by atoms with Crippen LogP contribution in [0.3, 0.4) is 0 Å². The van der Waals surface area contributed by atoms with Crippen molar-refractivity contribution in [2.24, 2.45) is 5.92 Å². The second-order valence-electron chi connectivity index (χ2n) is 5.78. The molecule has 3 rings (SSSR count). The third kappa shape index (κ3) is 3.28. The molecule has 0 aliphatic carbocycles. The van der Waals surface area contributed by atoms with Crippen LogP contribution in [0, 0.1) is 5.92 Å². The molecule has 8 heteroatoms. The van der Waals surface area contributed by atoms with Gasteiger partial charge in [-0.25, -0.2) is 4.68 Å². The number of hydrogen-bond donors (Lipinski definition) is 1. The van der Waals surface area contributed by atoms with E-state index in [4.69, 9.17) is 5.11 Å². The number of likely N-dealkylation sites (tertiary alicyclic amines) is 1. The molecule has 0 saturated carbocycles. The second kappa shape index (κ2) is 6.27. The first kappa shape index (κ1) is 16.5. The molecule has 1 aliphatic rings. The van der Waals surface area contributed by atoms with Gasteiger partial charge in [0, 0.05) is 31.8 Å². The summed E-state index contributed by atoms with van der Waals surface area (Å²) < 4.78 is 39.6. The average Bonchev–Trinajstić information content (AvgIpc) is 3.23. The van der Waals surface area contributed by atoms with Gasteiger partial charge in [-0.2, -0.15) is 18.3 Å². The summed E-state index contributed by atoms with van der Waals surface area (Å²) in [5.41, 5.74) is -0.363. The van der Waals surface area contributed by atoms with Gasteiger partial charge in [0.2, 0.25) is 0 Å². The van der Waals surface area contributed by atoms with Gasteiger partial charge in [0.15, 0.2) is 5.69 Å². The third-order valence-electron chi connectivity index (χ3n) is 4.08. The first-order chi connectivity index (χ1) is 11.4. The summed E-state index contributed by atoms with van der Waals surface area (Å²) in [6, 6.07) is 6.24. The zero-order chi connectivity index (χ0) is 17.3. The van der Waals surface area contributed by atoms with Gasteiger partial charge in [-0.3, -0.25) is 4.79 Å². The summed E-state index contributed by atoms with van der Waals surface area (Å²) in [5.74, 6) is -0.212. The number of amides is 1. The number of aromatic nitrogens is 2. The van der Waals surface area contributed by atoms with E-state index in [1.807, 2.05) is 0 Å². The number of benzene rings is 1. The van der Waals surface area contributed by atoms with Crippen LogP contribution < -0.4 is 0 Å². The fraction of sp³-hybridized carbons (Fsp3) is 0.375. The maximum Gasteiger partial charge on any atom is 0.416 e. The second-order valence-corrected chi connectivity index (χ2v) is 5.78. The average molecular weight is 339 g/mol. The molecule has 1 aliphatic heterocycles. The summed E-state index contributed by atoms with van der Waals surface area (Å²) in [4.78, 5) is 14.0. The van der Waals surface area contributed by atoms with E-state index < -0.39 is 11.7 Å². The normalized spacial score (nSPS) is 18.2. The van der Waals surface area contributed by atoms with Crippen LogP contribution in [-0.4, -0.2) is 45.4 Å². The van der Waals surface area contributed by atoms with Gasteiger partial charge < -0.3 is 10.0 Å². The molecule has 0 radical (unpaired) electrons. The van der Waals surface area contributed by atoms with Crippen LogP contribution in [0.4, 0.5) is 13.2 Å². The Hall–Kier alpha value is -2.35. The van der Waals surface area contributed by atoms with Gasteiger partial charge >= 0.3 is 6.18 Å². The van der Waals surface area contributed by atoms with Crippen molar-refractivity contribution in [1.29, 1.82) is 0 Å². The molecule has 0 spiro atoms. The molecule has 2 aromatic rings. The van der Waals surface area contributed by atoms with E-state index in [0.29, 0.717) is 13.1 Å². The zero-order valence-electron chi connectivity index (χ0n) is 12.7. The van der Waals surface area contributed by atoms with Gasteiger partial charge in [0.25, 0.3) is 5.91 Å². The lowest BCUT2D eigenvalue weighted by molar-refractivity contribution is -0.137. The van der Waals surface area contributed by atoms with Crippen LogP contribution >= 0.6 is 0 Å². The van der Waals surface area contributed by atoms with E-state index in [-0.39, 0.29) is 29.8 Å². The lowest BCUT2D eigenvalue weighted by atomic mass is 10.1. The number of carbonyl (C=O) groups is 1. The summed E-state index contributed by atoms with van der Waals surface area (Å²) in [5, 5.41) is 13.2. The number of carbonyl (C=O) groups excluding carboxylic acids is 1. The SMILES string of the molecule is O=C(c1ccn(-c2cccc(C(F)(F)F)c2)n1)N1CCC(CO)C1.